The lowest BCUT2D eigenvalue weighted by Gasteiger charge is -2.17. The molecule has 0 aliphatic rings. The van der Waals surface area contributed by atoms with Gasteiger partial charge in [0.1, 0.15) is 11.6 Å². The fourth-order valence-corrected chi connectivity index (χ4v) is 3.31. The zero-order valence-electron chi connectivity index (χ0n) is 15.3. The van der Waals surface area contributed by atoms with Crippen molar-refractivity contribution in [3.63, 3.8) is 0 Å². The van der Waals surface area contributed by atoms with Crippen molar-refractivity contribution in [2.75, 3.05) is 20.2 Å². The minimum atomic E-state index is -3.97. The second-order valence-electron chi connectivity index (χ2n) is 5.67. The van der Waals surface area contributed by atoms with Gasteiger partial charge < -0.3 is 4.74 Å². The van der Waals surface area contributed by atoms with Gasteiger partial charge in [-0.1, -0.05) is 0 Å². The lowest BCUT2D eigenvalue weighted by molar-refractivity contribution is -0.121. The van der Waals surface area contributed by atoms with E-state index in [1.54, 1.807) is 12.1 Å². The number of hydrazine groups is 1. The highest BCUT2D eigenvalue weighted by molar-refractivity contribution is 7.89. The van der Waals surface area contributed by atoms with E-state index in [1.165, 1.54) is 19.2 Å². The first kappa shape index (κ1) is 21.3. The first-order chi connectivity index (χ1) is 13.2. The predicted octanol–water partition coefficient (Wildman–Crippen LogP) is 1.31. The highest BCUT2D eigenvalue weighted by atomic mass is 32.2. The lowest BCUT2D eigenvalue weighted by atomic mass is 10.2. The second-order valence-corrected chi connectivity index (χ2v) is 7.72. The average molecular weight is 409 g/mol. The molecule has 8 nitrogen and oxygen atoms in total. The van der Waals surface area contributed by atoms with Crippen LogP contribution in [-0.2, 0) is 14.8 Å². The number of nitrogens with one attached hydrogen (secondary N) is 2. The van der Waals surface area contributed by atoms with Crippen molar-refractivity contribution in [2.45, 2.75) is 11.8 Å². The zero-order valence-corrected chi connectivity index (χ0v) is 16.1. The van der Waals surface area contributed by atoms with Gasteiger partial charge in [0.2, 0.25) is 10.0 Å². The highest BCUT2D eigenvalue weighted by Crippen LogP contribution is 2.14. The van der Waals surface area contributed by atoms with E-state index in [-0.39, 0.29) is 10.5 Å². The molecule has 0 atom stereocenters. The molecule has 0 aromatic heterocycles. The van der Waals surface area contributed by atoms with E-state index in [0.29, 0.717) is 12.4 Å². The Bertz CT molecular complexity index is 931. The van der Waals surface area contributed by atoms with Crippen LogP contribution in [0.2, 0.25) is 0 Å². The van der Waals surface area contributed by atoms with Gasteiger partial charge in [0, 0.05) is 12.6 Å². The maximum Gasteiger partial charge on any atom is 0.269 e. The Labute approximate surface area is 162 Å². The van der Waals surface area contributed by atoms with Crippen molar-refractivity contribution in [3.8, 4) is 5.75 Å². The number of carbonyl (C=O) groups excluding carboxylic acids is 2. The van der Waals surface area contributed by atoms with Gasteiger partial charge in [0.15, 0.2) is 0 Å². The largest absolute Gasteiger partial charge is 0.494 e. The normalized spacial score (nSPS) is 11.1. The molecule has 0 heterocycles. The molecule has 0 bridgehead atoms. The summed E-state index contributed by atoms with van der Waals surface area (Å²) < 4.78 is 43.7. The zero-order chi connectivity index (χ0) is 20.7. The van der Waals surface area contributed by atoms with E-state index in [9.17, 15) is 22.4 Å². The topological polar surface area (TPSA) is 105 Å². The fraction of sp³-hybridized carbons (Fsp3) is 0.222. The molecule has 0 aliphatic carbocycles. The number of amides is 2. The van der Waals surface area contributed by atoms with Crippen LogP contribution in [0.25, 0.3) is 0 Å². The van der Waals surface area contributed by atoms with E-state index in [0.717, 1.165) is 28.6 Å². The molecule has 0 saturated carbocycles. The van der Waals surface area contributed by atoms with Crippen molar-refractivity contribution >= 4 is 21.8 Å². The first-order valence-electron chi connectivity index (χ1n) is 8.28. The van der Waals surface area contributed by atoms with E-state index in [1.807, 2.05) is 6.92 Å². The Hall–Kier alpha value is -2.98. The number of ether oxygens (including phenoxy) is 1. The van der Waals surface area contributed by atoms with Crippen molar-refractivity contribution in [3.05, 3.63) is 59.9 Å². The van der Waals surface area contributed by atoms with Crippen LogP contribution in [0, 0.1) is 5.82 Å². The van der Waals surface area contributed by atoms with Gasteiger partial charge in [-0.3, -0.25) is 20.4 Å². The van der Waals surface area contributed by atoms with Gasteiger partial charge in [0.25, 0.3) is 11.8 Å². The number of hydrogen-bond acceptors (Lipinski definition) is 5. The molecule has 2 rings (SSSR count). The number of hydrogen-bond donors (Lipinski definition) is 2. The number of likely N-dealkylation sites (N-methyl/N-ethyl adjacent to an activating group) is 1. The smallest absolute Gasteiger partial charge is 0.269 e. The molecular formula is C18H20FN3O5S. The minimum Gasteiger partial charge on any atom is -0.494 e. The Kier molecular flexibility index (Phi) is 7.07. The quantitative estimate of drug-likeness (QED) is 0.671. The van der Waals surface area contributed by atoms with Gasteiger partial charge >= 0.3 is 0 Å². The molecule has 2 N–H and O–H groups in total. The van der Waals surface area contributed by atoms with Crippen molar-refractivity contribution in [1.29, 1.82) is 0 Å². The summed E-state index contributed by atoms with van der Waals surface area (Å²) in [6, 6.07) is 10.5. The molecule has 0 radical (unpaired) electrons. The molecule has 0 unspecified atom stereocenters. The Morgan fingerprint density at radius 3 is 2.21 bits per heavy atom. The molecule has 28 heavy (non-hydrogen) atoms. The second kappa shape index (κ2) is 9.29. The van der Waals surface area contributed by atoms with Crippen LogP contribution in [0.15, 0.2) is 53.4 Å². The summed E-state index contributed by atoms with van der Waals surface area (Å²) in [5.74, 6) is -1.28. The number of nitrogens with zero attached hydrogens (tertiary/aromatic N) is 1. The Balaban J connectivity index is 1.90. The molecule has 0 spiro atoms. The van der Waals surface area contributed by atoms with E-state index < -0.39 is 34.2 Å². The van der Waals surface area contributed by atoms with Crippen LogP contribution < -0.4 is 15.6 Å². The molecule has 10 heteroatoms. The first-order valence-corrected chi connectivity index (χ1v) is 9.72. The summed E-state index contributed by atoms with van der Waals surface area (Å²) >= 11 is 0. The number of sulfonamides is 1. The van der Waals surface area contributed by atoms with Gasteiger partial charge in [0.05, 0.1) is 18.0 Å². The van der Waals surface area contributed by atoms with Gasteiger partial charge in [-0.05, 0) is 55.5 Å². The molecule has 0 fully saturated rings. The molecule has 2 aromatic carbocycles. The lowest BCUT2D eigenvalue weighted by Crippen LogP contribution is -2.46. The summed E-state index contributed by atoms with van der Waals surface area (Å²) in [7, 11) is -2.77. The third kappa shape index (κ3) is 5.51. The van der Waals surface area contributed by atoms with Crippen molar-refractivity contribution < 1.29 is 27.1 Å². The van der Waals surface area contributed by atoms with Crippen LogP contribution in [0.4, 0.5) is 4.39 Å². The number of carbonyl (C=O) groups is 2. The standard InChI is InChI=1S/C18H20FN3O5S/c1-3-27-15-8-4-13(5-9-15)18(24)21-20-17(23)12-22(2)28(25,26)16-10-6-14(19)7-11-16/h4-11H,3,12H2,1-2H3,(H,20,23)(H,21,24). The van der Waals surface area contributed by atoms with Crippen LogP contribution in [-0.4, -0.2) is 44.7 Å². The number of benzene rings is 2. The van der Waals surface area contributed by atoms with E-state index in [4.69, 9.17) is 4.74 Å². The molecule has 2 aromatic rings. The Morgan fingerprint density at radius 2 is 1.64 bits per heavy atom. The number of halogens is 1. The monoisotopic (exact) mass is 409 g/mol. The predicted molar refractivity (Wildman–Crippen MR) is 99.4 cm³/mol. The van der Waals surface area contributed by atoms with Crippen LogP contribution >= 0.6 is 0 Å². The van der Waals surface area contributed by atoms with Crippen LogP contribution in [0.3, 0.4) is 0 Å². The number of rotatable bonds is 7. The van der Waals surface area contributed by atoms with Crippen LogP contribution in [0.5, 0.6) is 5.75 Å². The highest BCUT2D eigenvalue weighted by Gasteiger charge is 2.23. The fourth-order valence-electron chi connectivity index (χ4n) is 2.18. The summed E-state index contributed by atoms with van der Waals surface area (Å²) in [6.45, 7) is 1.79. The van der Waals surface area contributed by atoms with Crippen LogP contribution in [0.1, 0.15) is 17.3 Å². The molecule has 0 aliphatic heterocycles. The maximum absolute atomic E-state index is 12.9. The van der Waals surface area contributed by atoms with Gasteiger partial charge in [-0.15, -0.1) is 0 Å². The van der Waals surface area contributed by atoms with Crippen molar-refractivity contribution in [2.24, 2.45) is 0 Å². The third-order valence-electron chi connectivity index (χ3n) is 3.63. The maximum atomic E-state index is 12.9. The summed E-state index contributed by atoms with van der Waals surface area (Å²) in [5, 5.41) is 0. The molecule has 0 saturated heterocycles. The molecule has 150 valence electrons. The van der Waals surface area contributed by atoms with E-state index >= 15 is 0 Å². The summed E-state index contributed by atoms with van der Waals surface area (Å²) in [5.41, 5.74) is 4.64. The van der Waals surface area contributed by atoms with Crippen molar-refractivity contribution in [1.82, 2.24) is 15.2 Å². The summed E-state index contributed by atoms with van der Waals surface area (Å²) in [6.07, 6.45) is 0. The molecular weight excluding hydrogens is 389 g/mol. The molecule has 2 amide bonds. The minimum absolute atomic E-state index is 0.150. The average Bonchev–Trinajstić information content (AvgIpc) is 2.67. The Morgan fingerprint density at radius 1 is 1.04 bits per heavy atom. The van der Waals surface area contributed by atoms with Gasteiger partial charge in [-0.25, -0.2) is 12.8 Å². The van der Waals surface area contributed by atoms with Gasteiger partial charge in [-0.2, -0.15) is 4.31 Å². The summed E-state index contributed by atoms with van der Waals surface area (Å²) in [4.78, 5) is 23.8. The third-order valence-corrected chi connectivity index (χ3v) is 5.45. The SMILES string of the molecule is CCOc1ccc(C(=O)NNC(=O)CN(C)S(=O)(=O)c2ccc(F)cc2)cc1. The van der Waals surface area contributed by atoms with E-state index in [2.05, 4.69) is 10.9 Å².